The monoisotopic (exact) mass is 329 g/mol. The number of hydrogen-bond donors (Lipinski definition) is 1. The summed E-state index contributed by atoms with van der Waals surface area (Å²) in [4.78, 5) is 0.193. The molecule has 2 aromatic rings. The van der Waals surface area contributed by atoms with Gasteiger partial charge in [-0.2, -0.15) is 13.5 Å². The molecule has 0 fully saturated rings. The van der Waals surface area contributed by atoms with Gasteiger partial charge in [0.15, 0.2) is 5.84 Å². The summed E-state index contributed by atoms with van der Waals surface area (Å²) in [6.45, 7) is 2.54. The van der Waals surface area contributed by atoms with E-state index in [-0.39, 0.29) is 10.7 Å². The molecule has 0 saturated heterocycles. The molecule has 2 aromatic carbocycles. The number of nitrogens with one attached hydrogen (secondary N) is 1. The van der Waals surface area contributed by atoms with Crippen molar-refractivity contribution < 1.29 is 13.2 Å². The van der Waals surface area contributed by atoms with Gasteiger partial charge in [-0.3, -0.25) is 5.43 Å². The standard InChI is InChI=1S/C16H15N3O3S/c1-2-22-13-9-7-12(8-10-13)11-17-18-16-14-5-3-4-6-15(14)23(20,21)19-16/h3-11H,2H2,1H3,(H,18,19)/b17-11+. The van der Waals surface area contributed by atoms with E-state index >= 15 is 0 Å². The van der Waals surface area contributed by atoms with Gasteiger partial charge in [-0.1, -0.05) is 12.1 Å². The van der Waals surface area contributed by atoms with E-state index in [2.05, 4.69) is 14.9 Å². The van der Waals surface area contributed by atoms with E-state index in [1.165, 1.54) is 6.07 Å². The van der Waals surface area contributed by atoms with Crippen LogP contribution < -0.4 is 10.2 Å². The van der Waals surface area contributed by atoms with E-state index in [0.29, 0.717) is 12.2 Å². The summed E-state index contributed by atoms with van der Waals surface area (Å²) in [5.74, 6) is 1.01. The predicted octanol–water partition coefficient (Wildman–Crippen LogP) is 2.16. The van der Waals surface area contributed by atoms with Gasteiger partial charge in [0.2, 0.25) is 0 Å². The van der Waals surface area contributed by atoms with Crippen LogP contribution in [0.25, 0.3) is 0 Å². The maximum Gasteiger partial charge on any atom is 0.285 e. The van der Waals surface area contributed by atoms with Crippen LogP contribution in [0, 0.1) is 0 Å². The van der Waals surface area contributed by atoms with Crippen LogP contribution in [0.1, 0.15) is 18.1 Å². The number of sulfonamides is 1. The first-order chi connectivity index (χ1) is 11.1. The average molecular weight is 329 g/mol. The zero-order valence-electron chi connectivity index (χ0n) is 12.4. The van der Waals surface area contributed by atoms with Gasteiger partial charge in [0.25, 0.3) is 10.0 Å². The van der Waals surface area contributed by atoms with Gasteiger partial charge in [-0.05, 0) is 48.9 Å². The van der Waals surface area contributed by atoms with E-state index < -0.39 is 10.0 Å². The topological polar surface area (TPSA) is 80.1 Å². The summed E-state index contributed by atoms with van der Waals surface area (Å²) in [5.41, 5.74) is 4.07. The van der Waals surface area contributed by atoms with Crippen molar-refractivity contribution >= 4 is 22.1 Å². The molecule has 118 valence electrons. The Kier molecular flexibility index (Phi) is 4.12. The second-order valence-corrected chi connectivity index (χ2v) is 6.36. The first-order valence-electron chi connectivity index (χ1n) is 7.06. The number of benzene rings is 2. The lowest BCUT2D eigenvalue weighted by Crippen LogP contribution is -2.17. The normalized spacial score (nSPS) is 15.3. The van der Waals surface area contributed by atoms with Crippen LogP contribution in [0.5, 0.6) is 5.75 Å². The largest absolute Gasteiger partial charge is 0.494 e. The number of hydrazone groups is 1. The molecule has 0 radical (unpaired) electrons. The van der Waals surface area contributed by atoms with Crippen LogP contribution in [0.4, 0.5) is 0 Å². The van der Waals surface area contributed by atoms with Crippen molar-refractivity contribution in [3.8, 4) is 5.75 Å². The van der Waals surface area contributed by atoms with Crippen LogP contribution >= 0.6 is 0 Å². The molecule has 0 aromatic heterocycles. The number of rotatable bonds is 4. The van der Waals surface area contributed by atoms with Gasteiger partial charge >= 0.3 is 0 Å². The minimum atomic E-state index is -3.63. The Morgan fingerprint density at radius 1 is 1.17 bits per heavy atom. The fraction of sp³-hybridized carbons (Fsp3) is 0.125. The van der Waals surface area contributed by atoms with Crippen LogP contribution in [-0.4, -0.2) is 27.1 Å². The molecule has 1 N–H and O–H groups in total. The molecule has 1 aliphatic heterocycles. The van der Waals surface area contributed by atoms with Crippen molar-refractivity contribution in [2.45, 2.75) is 11.8 Å². The molecule has 0 unspecified atom stereocenters. The van der Waals surface area contributed by atoms with Gasteiger partial charge in [0.05, 0.1) is 12.8 Å². The average Bonchev–Trinajstić information content (AvgIpc) is 2.81. The first-order valence-corrected chi connectivity index (χ1v) is 8.50. The summed E-state index contributed by atoms with van der Waals surface area (Å²) in [7, 11) is -3.63. The van der Waals surface area contributed by atoms with Crippen molar-refractivity contribution in [2.75, 3.05) is 6.61 Å². The van der Waals surface area contributed by atoms with Crippen molar-refractivity contribution in [1.29, 1.82) is 0 Å². The lowest BCUT2D eigenvalue weighted by atomic mass is 10.2. The summed E-state index contributed by atoms with van der Waals surface area (Å²) in [6, 6.07) is 14.0. The zero-order chi connectivity index (χ0) is 16.3. The SMILES string of the molecule is CCOc1ccc(/C=N/NC2=NS(=O)(=O)c3ccccc32)cc1. The predicted molar refractivity (Wildman–Crippen MR) is 88.5 cm³/mol. The summed E-state index contributed by atoms with van der Waals surface area (Å²) in [6.07, 6.45) is 1.59. The molecular formula is C16H15N3O3S. The Bertz CT molecular complexity index is 872. The Morgan fingerprint density at radius 3 is 2.65 bits per heavy atom. The molecule has 0 aliphatic carbocycles. The maximum atomic E-state index is 11.9. The summed E-state index contributed by atoms with van der Waals surface area (Å²) >= 11 is 0. The highest BCUT2D eigenvalue weighted by Gasteiger charge is 2.28. The molecule has 0 saturated carbocycles. The molecule has 3 rings (SSSR count). The van der Waals surface area contributed by atoms with Gasteiger partial charge in [0.1, 0.15) is 10.6 Å². The van der Waals surface area contributed by atoms with Crippen LogP contribution in [0.15, 0.2) is 62.9 Å². The molecule has 0 bridgehead atoms. The number of hydrogen-bond acceptors (Lipinski definition) is 5. The summed E-state index contributed by atoms with van der Waals surface area (Å²) in [5, 5.41) is 4.05. The Hall–Kier alpha value is -2.67. The number of fused-ring (bicyclic) bond motifs is 1. The molecule has 23 heavy (non-hydrogen) atoms. The minimum Gasteiger partial charge on any atom is -0.494 e. The van der Waals surface area contributed by atoms with Crippen molar-refractivity contribution in [2.24, 2.45) is 9.50 Å². The van der Waals surface area contributed by atoms with Gasteiger partial charge in [-0.15, -0.1) is 4.40 Å². The zero-order valence-corrected chi connectivity index (χ0v) is 13.2. The van der Waals surface area contributed by atoms with Gasteiger partial charge < -0.3 is 4.74 Å². The smallest absolute Gasteiger partial charge is 0.285 e. The summed E-state index contributed by atoms with van der Waals surface area (Å²) < 4.78 is 32.9. The minimum absolute atomic E-state index is 0.193. The maximum absolute atomic E-state index is 11.9. The van der Waals surface area contributed by atoms with E-state index in [1.54, 1.807) is 24.4 Å². The second kappa shape index (κ2) is 6.21. The van der Waals surface area contributed by atoms with Gasteiger partial charge in [0, 0.05) is 5.56 Å². The quantitative estimate of drug-likeness (QED) is 0.688. The van der Waals surface area contributed by atoms with E-state index in [9.17, 15) is 8.42 Å². The highest BCUT2D eigenvalue weighted by atomic mass is 32.2. The molecule has 0 spiro atoms. The van der Waals surface area contributed by atoms with E-state index in [1.807, 2.05) is 31.2 Å². The molecule has 0 atom stereocenters. The van der Waals surface area contributed by atoms with Crippen LogP contribution in [0.3, 0.4) is 0 Å². The number of amidine groups is 1. The van der Waals surface area contributed by atoms with Crippen LogP contribution in [0.2, 0.25) is 0 Å². The lowest BCUT2D eigenvalue weighted by Gasteiger charge is -2.02. The number of ether oxygens (including phenoxy) is 1. The Balaban J connectivity index is 1.74. The van der Waals surface area contributed by atoms with Crippen molar-refractivity contribution in [1.82, 2.24) is 5.43 Å². The molecule has 1 aliphatic rings. The van der Waals surface area contributed by atoms with Gasteiger partial charge in [-0.25, -0.2) is 0 Å². The Labute approximate surface area is 134 Å². The fourth-order valence-corrected chi connectivity index (χ4v) is 3.34. The van der Waals surface area contributed by atoms with E-state index in [4.69, 9.17) is 4.74 Å². The lowest BCUT2D eigenvalue weighted by molar-refractivity contribution is 0.340. The van der Waals surface area contributed by atoms with E-state index in [0.717, 1.165) is 11.3 Å². The highest BCUT2D eigenvalue weighted by molar-refractivity contribution is 7.90. The number of nitrogens with zero attached hydrogens (tertiary/aromatic N) is 2. The third-order valence-corrected chi connectivity index (χ3v) is 4.54. The van der Waals surface area contributed by atoms with Crippen molar-refractivity contribution in [3.05, 3.63) is 59.7 Å². The molecule has 1 heterocycles. The molecule has 7 heteroatoms. The first kappa shape index (κ1) is 15.2. The third-order valence-electron chi connectivity index (χ3n) is 3.21. The fourth-order valence-electron chi connectivity index (χ4n) is 2.17. The third kappa shape index (κ3) is 3.24. The molecule has 6 nitrogen and oxygen atoms in total. The van der Waals surface area contributed by atoms with Crippen LogP contribution in [-0.2, 0) is 10.0 Å². The molecule has 0 amide bonds. The second-order valence-electron chi connectivity index (χ2n) is 4.78. The van der Waals surface area contributed by atoms with Crippen molar-refractivity contribution in [3.63, 3.8) is 0 Å². The highest BCUT2D eigenvalue weighted by Crippen LogP contribution is 2.24. The Morgan fingerprint density at radius 2 is 1.91 bits per heavy atom. The molecular weight excluding hydrogens is 314 g/mol.